The van der Waals surface area contributed by atoms with Crippen LogP contribution in [0.25, 0.3) is 0 Å². The van der Waals surface area contributed by atoms with Crippen LogP contribution < -0.4 is 0 Å². The van der Waals surface area contributed by atoms with E-state index >= 15 is 0 Å². The van der Waals surface area contributed by atoms with Gasteiger partial charge in [-0.05, 0) is 0 Å². The number of hydrogen-bond donors (Lipinski definition) is 0. The van der Waals surface area contributed by atoms with Crippen LogP contribution in [0.3, 0.4) is 0 Å². The molecule has 0 aromatic rings. The van der Waals surface area contributed by atoms with Gasteiger partial charge in [0, 0.05) is 32.7 Å². The largest absolute Gasteiger partial charge is 0.379 e. The van der Waals surface area contributed by atoms with E-state index in [1.807, 2.05) is 0 Å². The molecule has 0 amide bonds. The molecule has 2 aliphatic rings. The summed E-state index contributed by atoms with van der Waals surface area (Å²) in [5.41, 5.74) is 0. The number of rotatable bonds is 3. The van der Waals surface area contributed by atoms with Crippen LogP contribution in [0.1, 0.15) is 0 Å². The lowest BCUT2D eigenvalue weighted by atomic mass is 10.2. The molecule has 90 valence electrons. The molecule has 0 bridgehead atoms. The van der Waals surface area contributed by atoms with Gasteiger partial charge in [-0.15, -0.1) is 0 Å². The summed E-state index contributed by atoms with van der Waals surface area (Å²) < 4.78 is 10.6. The summed E-state index contributed by atoms with van der Waals surface area (Å²) in [5.74, 6) is 0. The molecule has 2 aliphatic heterocycles. The van der Waals surface area contributed by atoms with Gasteiger partial charge in [0.05, 0.1) is 32.5 Å². The van der Waals surface area contributed by atoms with Gasteiger partial charge in [0.1, 0.15) is 6.04 Å². The maximum absolute atomic E-state index is 9.22. The fraction of sp³-hybridized carbons (Fsp3) is 0.909. The quantitative estimate of drug-likeness (QED) is 0.650. The van der Waals surface area contributed by atoms with Crippen molar-refractivity contribution in [3.8, 4) is 6.07 Å². The molecule has 0 aromatic carbocycles. The van der Waals surface area contributed by atoms with Crippen LogP contribution in [-0.4, -0.2) is 75.0 Å². The summed E-state index contributed by atoms with van der Waals surface area (Å²) in [4.78, 5) is 4.53. The van der Waals surface area contributed by atoms with Gasteiger partial charge in [-0.1, -0.05) is 0 Å². The second-order valence-electron chi connectivity index (χ2n) is 4.21. The SMILES string of the molecule is N#CC(CN1CCOCC1)N1CCOCC1. The van der Waals surface area contributed by atoms with Gasteiger partial charge >= 0.3 is 0 Å². The number of hydrogen-bond acceptors (Lipinski definition) is 5. The Balaban J connectivity index is 1.81. The van der Waals surface area contributed by atoms with E-state index in [4.69, 9.17) is 9.47 Å². The van der Waals surface area contributed by atoms with Gasteiger partial charge in [-0.25, -0.2) is 0 Å². The molecule has 1 atom stereocenters. The summed E-state index contributed by atoms with van der Waals surface area (Å²) in [6.45, 7) is 7.57. The monoisotopic (exact) mass is 225 g/mol. The molecule has 0 aromatic heterocycles. The molecule has 2 heterocycles. The van der Waals surface area contributed by atoms with Crippen molar-refractivity contribution in [1.82, 2.24) is 9.80 Å². The zero-order valence-corrected chi connectivity index (χ0v) is 9.60. The standard InChI is InChI=1S/C11H19N3O2/c12-9-11(14-3-7-16-8-4-14)10-13-1-5-15-6-2-13/h11H,1-8,10H2. The van der Waals surface area contributed by atoms with E-state index in [1.54, 1.807) is 0 Å². The molecule has 2 fully saturated rings. The third kappa shape index (κ3) is 3.16. The van der Waals surface area contributed by atoms with Crippen LogP contribution in [-0.2, 0) is 9.47 Å². The summed E-state index contributed by atoms with van der Waals surface area (Å²) in [6, 6.07) is 2.41. The molecule has 0 N–H and O–H groups in total. The van der Waals surface area contributed by atoms with E-state index in [0.29, 0.717) is 0 Å². The second kappa shape index (κ2) is 6.16. The summed E-state index contributed by atoms with van der Waals surface area (Å²) in [6.07, 6.45) is 0. The van der Waals surface area contributed by atoms with Crippen molar-refractivity contribution in [3.63, 3.8) is 0 Å². The van der Waals surface area contributed by atoms with E-state index in [2.05, 4.69) is 15.9 Å². The predicted octanol–water partition coefficient (Wildman–Crippen LogP) is -0.457. The summed E-state index contributed by atoms with van der Waals surface area (Å²) >= 11 is 0. The highest BCUT2D eigenvalue weighted by Gasteiger charge is 2.23. The minimum atomic E-state index is 0.00185. The molecular formula is C11H19N3O2. The van der Waals surface area contributed by atoms with E-state index in [9.17, 15) is 5.26 Å². The van der Waals surface area contributed by atoms with Crippen LogP contribution in [0, 0.1) is 11.3 Å². The third-order valence-corrected chi connectivity index (χ3v) is 3.17. The molecule has 2 saturated heterocycles. The van der Waals surface area contributed by atoms with Crippen LogP contribution in [0.4, 0.5) is 0 Å². The molecule has 5 nitrogen and oxygen atoms in total. The van der Waals surface area contributed by atoms with E-state index in [1.165, 1.54) is 0 Å². The number of ether oxygens (including phenoxy) is 2. The van der Waals surface area contributed by atoms with Crippen molar-refractivity contribution in [2.24, 2.45) is 0 Å². The van der Waals surface area contributed by atoms with Crippen molar-refractivity contribution in [2.75, 3.05) is 59.2 Å². The Hall–Kier alpha value is -0.670. The highest BCUT2D eigenvalue weighted by atomic mass is 16.5. The molecule has 5 heteroatoms. The van der Waals surface area contributed by atoms with Gasteiger partial charge < -0.3 is 9.47 Å². The molecule has 0 spiro atoms. The molecule has 0 saturated carbocycles. The van der Waals surface area contributed by atoms with Crippen LogP contribution in [0.15, 0.2) is 0 Å². The van der Waals surface area contributed by atoms with Gasteiger partial charge in [0.15, 0.2) is 0 Å². The lowest BCUT2D eigenvalue weighted by Crippen LogP contribution is -2.50. The first kappa shape index (κ1) is 11.8. The Bertz CT molecular complexity index is 242. The zero-order chi connectivity index (χ0) is 11.2. The number of nitrogens with zero attached hydrogens (tertiary/aromatic N) is 3. The van der Waals surface area contributed by atoms with Crippen LogP contribution in [0.5, 0.6) is 0 Å². The number of morpholine rings is 2. The maximum atomic E-state index is 9.22. The smallest absolute Gasteiger partial charge is 0.111 e. The highest BCUT2D eigenvalue weighted by molar-refractivity contribution is 4.95. The third-order valence-electron chi connectivity index (χ3n) is 3.17. The van der Waals surface area contributed by atoms with Crippen molar-refractivity contribution >= 4 is 0 Å². The van der Waals surface area contributed by atoms with E-state index < -0.39 is 0 Å². The molecule has 0 radical (unpaired) electrons. The first-order valence-corrected chi connectivity index (χ1v) is 5.91. The highest BCUT2D eigenvalue weighted by Crippen LogP contribution is 2.07. The average molecular weight is 225 g/mol. The topological polar surface area (TPSA) is 48.7 Å². The Morgan fingerprint density at radius 1 is 1.00 bits per heavy atom. The first-order chi connectivity index (χ1) is 7.90. The Morgan fingerprint density at radius 2 is 1.56 bits per heavy atom. The van der Waals surface area contributed by atoms with Gasteiger partial charge in [0.2, 0.25) is 0 Å². The van der Waals surface area contributed by atoms with Gasteiger partial charge in [-0.2, -0.15) is 5.26 Å². The van der Waals surface area contributed by atoms with Gasteiger partial charge in [-0.3, -0.25) is 9.80 Å². The second-order valence-corrected chi connectivity index (χ2v) is 4.21. The molecular weight excluding hydrogens is 206 g/mol. The van der Waals surface area contributed by atoms with E-state index in [-0.39, 0.29) is 6.04 Å². The molecule has 2 rings (SSSR count). The minimum Gasteiger partial charge on any atom is -0.379 e. The molecule has 16 heavy (non-hydrogen) atoms. The Kier molecular flexibility index (Phi) is 4.55. The fourth-order valence-electron chi connectivity index (χ4n) is 2.16. The Labute approximate surface area is 96.5 Å². The zero-order valence-electron chi connectivity index (χ0n) is 9.60. The van der Waals surface area contributed by atoms with Crippen LogP contribution in [0.2, 0.25) is 0 Å². The fourth-order valence-corrected chi connectivity index (χ4v) is 2.16. The van der Waals surface area contributed by atoms with Crippen molar-refractivity contribution in [1.29, 1.82) is 5.26 Å². The summed E-state index contributed by atoms with van der Waals surface area (Å²) in [5, 5.41) is 9.22. The van der Waals surface area contributed by atoms with Crippen molar-refractivity contribution in [2.45, 2.75) is 6.04 Å². The molecule has 0 aliphatic carbocycles. The lowest BCUT2D eigenvalue weighted by molar-refractivity contribution is 0.00167. The summed E-state index contributed by atoms with van der Waals surface area (Å²) in [7, 11) is 0. The minimum absolute atomic E-state index is 0.00185. The maximum Gasteiger partial charge on any atom is 0.111 e. The predicted molar refractivity (Wildman–Crippen MR) is 59.1 cm³/mol. The van der Waals surface area contributed by atoms with E-state index in [0.717, 1.165) is 59.2 Å². The normalized spacial score (nSPS) is 26.2. The lowest BCUT2D eigenvalue weighted by Gasteiger charge is -2.35. The number of nitriles is 1. The van der Waals surface area contributed by atoms with Gasteiger partial charge in [0.25, 0.3) is 0 Å². The van der Waals surface area contributed by atoms with Crippen molar-refractivity contribution in [3.05, 3.63) is 0 Å². The van der Waals surface area contributed by atoms with Crippen LogP contribution >= 0.6 is 0 Å². The van der Waals surface area contributed by atoms with Crippen molar-refractivity contribution < 1.29 is 9.47 Å². The Morgan fingerprint density at radius 3 is 2.12 bits per heavy atom. The first-order valence-electron chi connectivity index (χ1n) is 5.91. The molecule has 1 unspecified atom stereocenters. The average Bonchev–Trinajstić information content (AvgIpc) is 2.38.